The molecule has 0 unspecified atom stereocenters. The number of tetrazole rings is 1. The van der Waals surface area contributed by atoms with Crippen molar-refractivity contribution in [3.8, 4) is 17.2 Å². The van der Waals surface area contributed by atoms with Crippen LogP contribution in [0.3, 0.4) is 0 Å². The molecule has 0 aliphatic carbocycles. The van der Waals surface area contributed by atoms with Crippen LogP contribution in [0.4, 0.5) is 0 Å². The summed E-state index contributed by atoms with van der Waals surface area (Å²) in [5.41, 5.74) is 0.851. The fourth-order valence-corrected chi connectivity index (χ4v) is 2.77. The van der Waals surface area contributed by atoms with Crippen LogP contribution in [0.25, 0.3) is 11.5 Å². The lowest BCUT2D eigenvalue weighted by molar-refractivity contribution is 0.415. The number of thioether (sulfide) groups is 1. The van der Waals surface area contributed by atoms with Crippen molar-refractivity contribution in [2.45, 2.75) is 31.3 Å². The molecule has 2 aromatic heterocycles. The van der Waals surface area contributed by atoms with E-state index in [1.54, 1.807) is 11.8 Å². The van der Waals surface area contributed by atoms with E-state index in [0.29, 0.717) is 23.5 Å². The highest BCUT2D eigenvalue weighted by Gasteiger charge is 2.13. The summed E-state index contributed by atoms with van der Waals surface area (Å²) >= 11 is 1.47. The van der Waals surface area contributed by atoms with Crippen molar-refractivity contribution in [2.75, 3.05) is 7.11 Å². The Labute approximate surface area is 143 Å². The number of benzene rings is 1. The Kier molecular flexibility index (Phi) is 5.09. The van der Waals surface area contributed by atoms with Crippen molar-refractivity contribution in [3.63, 3.8) is 0 Å². The Morgan fingerprint density at radius 2 is 1.96 bits per heavy atom. The fourth-order valence-electron chi connectivity index (χ4n) is 2.05. The molecule has 0 fully saturated rings. The van der Waals surface area contributed by atoms with Crippen molar-refractivity contribution < 1.29 is 9.15 Å². The summed E-state index contributed by atoms with van der Waals surface area (Å²) in [6.45, 7) is 5.01. The quantitative estimate of drug-likeness (QED) is 0.603. The van der Waals surface area contributed by atoms with Gasteiger partial charge in [-0.25, -0.2) is 4.68 Å². The van der Waals surface area contributed by atoms with Crippen molar-refractivity contribution in [2.24, 2.45) is 5.92 Å². The van der Waals surface area contributed by atoms with E-state index in [4.69, 9.17) is 9.15 Å². The summed E-state index contributed by atoms with van der Waals surface area (Å²) in [7, 11) is 1.63. The molecule has 2 heterocycles. The van der Waals surface area contributed by atoms with Gasteiger partial charge in [0, 0.05) is 12.1 Å². The molecule has 9 heteroatoms. The van der Waals surface area contributed by atoms with Gasteiger partial charge in [0.05, 0.1) is 12.9 Å². The first-order valence-electron chi connectivity index (χ1n) is 7.51. The highest BCUT2D eigenvalue weighted by Crippen LogP contribution is 2.24. The SMILES string of the molecule is COc1ccc(-c2nnc(CSc3nnnn3CC(C)C)o2)cc1. The predicted octanol–water partition coefficient (Wildman–Crippen LogP) is 2.68. The standard InChI is InChI=1S/C15H18N6O2S/c1-10(2)8-21-15(18-19-20-21)24-9-13-16-17-14(23-13)11-4-6-12(22-3)7-5-11/h4-7,10H,8-9H2,1-3H3. The van der Waals surface area contributed by atoms with Crippen LogP contribution < -0.4 is 4.74 Å². The van der Waals surface area contributed by atoms with Gasteiger partial charge in [-0.2, -0.15) is 0 Å². The average Bonchev–Trinajstić information content (AvgIpc) is 3.22. The van der Waals surface area contributed by atoms with Crippen molar-refractivity contribution in [3.05, 3.63) is 30.2 Å². The van der Waals surface area contributed by atoms with Crippen LogP contribution in [0.1, 0.15) is 19.7 Å². The molecule has 3 aromatic rings. The molecule has 3 rings (SSSR count). The maximum atomic E-state index is 5.70. The number of hydrogen-bond donors (Lipinski definition) is 0. The van der Waals surface area contributed by atoms with Gasteiger partial charge in [-0.15, -0.1) is 15.3 Å². The van der Waals surface area contributed by atoms with Gasteiger partial charge in [0.25, 0.3) is 0 Å². The molecule has 1 aromatic carbocycles. The lowest BCUT2D eigenvalue weighted by Crippen LogP contribution is -2.07. The molecule has 8 nitrogen and oxygen atoms in total. The van der Waals surface area contributed by atoms with Crippen LogP contribution in [0.15, 0.2) is 33.8 Å². The molecular weight excluding hydrogens is 328 g/mol. The van der Waals surface area contributed by atoms with Gasteiger partial charge in [-0.3, -0.25) is 0 Å². The van der Waals surface area contributed by atoms with Crippen LogP contribution in [0.2, 0.25) is 0 Å². The van der Waals surface area contributed by atoms with Gasteiger partial charge in [0.1, 0.15) is 5.75 Å². The largest absolute Gasteiger partial charge is 0.497 e. The molecule has 0 amide bonds. The van der Waals surface area contributed by atoms with E-state index in [1.807, 2.05) is 24.3 Å². The summed E-state index contributed by atoms with van der Waals surface area (Å²) in [6, 6.07) is 7.47. The number of rotatable bonds is 7. The second kappa shape index (κ2) is 7.43. The van der Waals surface area contributed by atoms with E-state index >= 15 is 0 Å². The summed E-state index contributed by atoms with van der Waals surface area (Å²) in [5.74, 6) is 2.78. The molecule has 0 aliphatic heterocycles. The number of methoxy groups -OCH3 is 1. The van der Waals surface area contributed by atoms with Crippen LogP contribution in [0.5, 0.6) is 5.75 Å². The third-order valence-corrected chi connectivity index (χ3v) is 4.11. The molecule has 0 bridgehead atoms. The minimum atomic E-state index is 0.470. The molecule has 0 saturated heterocycles. The highest BCUT2D eigenvalue weighted by molar-refractivity contribution is 7.98. The van der Waals surface area contributed by atoms with E-state index in [-0.39, 0.29) is 0 Å². The zero-order chi connectivity index (χ0) is 16.9. The third kappa shape index (κ3) is 3.91. The Hall–Kier alpha value is -2.42. The minimum Gasteiger partial charge on any atom is -0.497 e. The minimum absolute atomic E-state index is 0.470. The van der Waals surface area contributed by atoms with Gasteiger partial charge >= 0.3 is 0 Å². The number of hydrogen-bond acceptors (Lipinski definition) is 8. The van der Waals surface area contributed by atoms with Crippen molar-refractivity contribution in [1.29, 1.82) is 0 Å². The van der Waals surface area contributed by atoms with Crippen LogP contribution in [0, 0.1) is 5.92 Å². The molecule has 0 radical (unpaired) electrons. The van der Waals surface area contributed by atoms with Crippen molar-refractivity contribution in [1.82, 2.24) is 30.4 Å². The fraction of sp³-hybridized carbons (Fsp3) is 0.400. The molecule has 126 valence electrons. The molecule has 24 heavy (non-hydrogen) atoms. The first-order chi connectivity index (χ1) is 11.7. The molecule has 0 N–H and O–H groups in total. The van der Waals surface area contributed by atoms with Crippen molar-refractivity contribution >= 4 is 11.8 Å². The normalized spacial score (nSPS) is 11.2. The highest BCUT2D eigenvalue weighted by atomic mass is 32.2. The second-order valence-electron chi connectivity index (χ2n) is 5.56. The molecular formula is C15H18N6O2S. The Morgan fingerprint density at radius 3 is 2.67 bits per heavy atom. The number of ether oxygens (including phenoxy) is 1. The van der Waals surface area contributed by atoms with E-state index in [1.165, 1.54) is 11.8 Å². The maximum absolute atomic E-state index is 5.70. The molecule has 0 spiro atoms. The molecule has 0 saturated carbocycles. The van der Waals surface area contributed by atoms with Gasteiger partial charge < -0.3 is 9.15 Å². The lowest BCUT2D eigenvalue weighted by Gasteiger charge is -2.05. The summed E-state index contributed by atoms with van der Waals surface area (Å²) in [4.78, 5) is 0. The summed E-state index contributed by atoms with van der Waals surface area (Å²) in [5, 5.41) is 20.6. The zero-order valence-electron chi connectivity index (χ0n) is 13.7. The number of nitrogens with zero attached hydrogens (tertiary/aromatic N) is 6. The number of aromatic nitrogens is 6. The summed E-state index contributed by atoms with van der Waals surface area (Å²) < 4.78 is 12.6. The third-order valence-electron chi connectivity index (χ3n) is 3.17. The van der Waals surface area contributed by atoms with E-state index in [0.717, 1.165) is 23.0 Å². The molecule has 0 aliphatic rings. The molecule has 0 atom stereocenters. The van der Waals surface area contributed by atoms with Gasteiger partial charge in [-0.1, -0.05) is 25.6 Å². The average molecular weight is 346 g/mol. The Bertz CT molecular complexity index is 783. The van der Waals surface area contributed by atoms with Crippen LogP contribution in [-0.2, 0) is 12.3 Å². The summed E-state index contributed by atoms with van der Waals surface area (Å²) in [6.07, 6.45) is 0. The van der Waals surface area contributed by atoms with Crippen LogP contribution in [-0.4, -0.2) is 37.5 Å². The topological polar surface area (TPSA) is 91.8 Å². The van der Waals surface area contributed by atoms with Gasteiger partial charge in [0.15, 0.2) is 0 Å². The first kappa shape index (κ1) is 16.4. The Balaban J connectivity index is 1.65. The predicted molar refractivity (Wildman–Crippen MR) is 88.5 cm³/mol. The second-order valence-corrected chi connectivity index (χ2v) is 6.50. The monoisotopic (exact) mass is 346 g/mol. The first-order valence-corrected chi connectivity index (χ1v) is 8.50. The smallest absolute Gasteiger partial charge is 0.247 e. The van der Waals surface area contributed by atoms with E-state index in [2.05, 4.69) is 39.6 Å². The van der Waals surface area contributed by atoms with Crippen LogP contribution >= 0.6 is 11.8 Å². The van der Waals surface area contributed by atoms with E-state index in [9.17, 15) is 0 Å². The Morgan fingerprint density at radius 1 is 1.17 bits per heavy atom. The lowest BCUT2D eigenvalue weighted by atomic mass is 10.2. The maximum Gasteiger partial charge on any atom is 0.247 e. The zero-order valence-corrected chi connectivity index (χ0v) is 14.5. The van der Waals surface area contributed by atoms with E-state index < -0.39 is 0 Å². The van der Waals surface area contributed by atoms with Gasteiger partial charge in [-0.05, 0) is 40.6 Å². The van der Waals surface area contributed by atoms with Gasteiger partial charge in [0.2, 0.25) is 16.9 Å².